The molecule has 0 saturated carbocycles. The van der Waals surface area contributed by atoms with Crippen LogP contribution in [0, 0.1) is 0 Å². The Hall–Kier alpha value is -2.74. The molecule has 0 spiro atoms. The largest absolute Gasteiger partial charge is 0.492 e. The maximum atomic E-state index is 13.2. The van der Waals surface area contributed by atoms with Crippen molar-refractivity contribution in [3.63, 3.8) is 0 Å². The molecule has 1 aliphatic carbocycles. The molecule has 0 bridgehead atoms. The summed E-state index contributed by atoms with van der Waals surface area (Å²) in [4.78, 5) is 14.4. The van der Waals surface area contributed by atoms with Gasteiger partial charge in [-0.25, -0.2) is 0 Å². The lowest BCUT2D eigenvalue weighted by Crippen LogP contribution is -2.17. The summed E-state index contributed by atoms with van der Waals surface area (Å²) in [5.74, 6) is 0.512. The molecule has 1 amide bonds. The van der Waals surface area contributed by atoms with Crippen LogP contribution in [0.1, 0.15) is 40.6 Å². The normalized spacial score (nSPS) is 13.3. The van der Waals surface area contributed by atoms with E-state index in [0.717, 1.165) is 36.2 Å². The van der Waals surface area contributed by atoms with Crippen molar-refractivity contribution in [3.05, 3.63) is 46.6 Å². The number of carbonyl (C=O) groups is 1. The second kappa shape index (κ2) is 7.25. The number of benzene rings is 1. The summed E-state index contributed by atoms with van der Waals surface area (Å²) in [5.41, 5.74) is 2.46. The fraction of sp³-hybridized carbons (Fsp3) is 0.333. The molecule has 0 unspecified atom stereocenters. The van der Waals surface area contributed by atoms with Gasteiger partial charge in [0.25, 0.3) is 5.91 Å². The molecule has 4 rings (SSSR count). The van der Waals surface area contributed by atoms with Crippen molar-refractivity contribution in [3.8, 4) is 10.8 Å². The number of rotatable bonds is 5. The van der Waals surface area contributed by atoms with Crippen LogP contribution in [-0.2, 0) is 12.8 Å². The van der Waals surface area contributed by atoms with Crippen LogP contribution in [0.25, 0.3) is 5.00 Å². The molecule has 0 aliphatic heterocycles. The second-order valence-electron chi connectivity index (χ2n) is 6.03. The van der Waals surface area contributed by atoms with E-state index in [1.54, 1.807) is 16.0 Å². The predicted molar refractivity (Wildman–Crippen MR) is 99.2 cm³/mol. The number of thiophene rings is 1. The molecule has 0 radical (unpaired) electrons. The Kier molecular flexibility index (Phi) is 4.66. The van der Waals surface area contributed by atoms with E-state index in [9.17, 15) is 4.79 Å². The van der Waals surface area contributed by atoms with Gasteiger partial charge in [-0.15, -0.1) is 16.4 Å². The van der Waals surface area contributed by atoms with Crippen LogP contribution in [0.4, 0.5) is 5.69 Å². The number of fused-ring (bicyclic) bond motifs is 1. The Morgan fingerprint density at radius 1 is 1.31 bits per heavy atom. The molecule has 0 saturated heterocycles. The van der Waals surface area contributed by atoms with Gasteiger partial charge in [0.05, 0.1) is 17.9 Å². The molecule has 8 heteroatoms. The Bertz CT molecular complexity index is 920. The van der Waals surface area contributed by atoms with Gasteiger partial charge in [-0.05, 0) is 60.7 Å². The standard InChI is InChI=1S/C18H19N5O2S/c1-2-25-14-9-5-4-8-13(14)20-17(24)16-12-7-3-6-10-15(12)26-18(16)23-11-19-21-22-23/h4-5,8-9,11H,2-3,6-7,10H2,1H3,(H,20,24). The number of ether oxygens (including phenoxy) is 1. The van der Waals surface area contributed by atoms with Crippen LogP contribution in [-0.4, -0.2) is 32.7 Å². The van der Waals surface area contributed by atoms with Crippen molar-refractivity contribution in [1.29, 1.82) is 0 Å². The first kappa shape index (κ1) is 16.7. The predicted octanol–water partition coefficient (Wildman–Crippen LogP) is 3.25. The van der Waals surface area contributed by atoms with Gasteiger partial charge >= 0.3 is 0 Å². The molecule has 1 N–H and O–H groups in total. The zero-order valence-electron chi connectivity index (χ0n) is 14.4. The number of nitrogens with zero attached hydrogens (tertiary/aromatic N) is 4. The fourth-order valence-electron chi connectivity index (χ4n) is 3.24. The van der Waals surface area contributed by atoms with Gasteiger partial charge < -0.3 is 10.1 Å². The Labute approximate surface area is 155 Å². The average Bonchev–Trinajstić information content (AvgIpc) is 3.31. The SMILES string of the molecule is CCOc1ccccc1NC(=O)c1c(-n2cnnn2)sc2c1CCCC2. The molecular formula is C18H19N5O2S. The van der Waals surface area contributed by atoms with Gasteiger partial charge in [0, 0.05) is 4.88 Å². The number of para-hydroxylation sites is 2. The number of anilines is 1. The molecule has 134 valence electrons. The quantitative estimate of drug-likeness (QED) is 0.746. The third kappa shape index (κ3) is 3.08. The maximum absolute atomic E-state index is 13.2. The lowest BCUT2D eigenvalue weighted by atomic mass is 9.95. The highest BCUT2D eigenvalue weighted by molar-refractivity contribution is 7.15. The molecule has 1 aromatic carbocycles. The third-order valence-corrected chi connectivity index (χ3v) is 5.65. The Balaban J connectivity index is 1.73. The lowest BCUT2D eigenvalue weighted by Gasteiger charge is -2.14. The van der Waals surface area contributed by atoms with Crippen molar-refractivity contribution in [2.24, 2.45) is 0 Å². The van der Waals surface area contributed by atoms with E-state index in [1.165, 1.54) is 11.2 Å². The van der Waals surface area contributed by atoms with Crippen LogP contribution in [0.15, 0.2) is 30.6 Å². The molecule has 0 atom stereocenters. The Morgan fingerprint density at radius 2 is 2.15 bits per heavy atom. The third-order valence-electron chi connectivity index (χ3n) is 4.37. The lowest BCUT2D eigenvalue weighted by molar-refractivity contribution is 0.102. The van der Waals surface area contributed by atoms with Crippen LogP contribution < -0.4 is 10.1 Å². The number of aromatic nitrogens is 4. The number of tetrazole rings is 1. The van der Waals surface area contributed by atoms with E-state index in [4.69, 9.17) is 4.74 Å². The van der Waals surface area contributed by atoms with Gasteiger partial charge in [0.15, 0.2) is 0 Å². The van der Waals surface area contributed by atoms with Crippen LogP contribution >= 0.6 is 11.3 Å². The molecule has 1 aliphatic rings. The van der Waals surface area contributed by atoms with Crippen molar-refractivity contribution in [2.45, 2.75) is 32.6 Å². The first-order chi connectivity index (χ1) is 12.8. The summed E-state index contributed by atoms with van der Waals surface area (Å²) >= 11 is 1.60. The minimum atomic E-state index is -0.151. The average molecular weight is 369 g/mol. The van der Waals surface area contributed by atoms with E-state index in [0.29, 0.717) is 23.6 Å². The topological polar surface area (TPSA) is 81.9 Å². The summed E-state index contributed by atoms with van der Waals surface area (Å²) in [6.45, 7) is 2.46. The van der Waals surface area contributed by atoms with Crippen molar-refractivity contribution < 1.29 is 9.53 Å². The van der Waals surface area contributed by atoms with E-state index in [-0.39, 0.29) is 5.91 Å². The van der Waals surface area contributed by atoms with Gasteiger partial charge in [0.1, 0.15) is 17.1 Å². The van der Waals surface area contributed by atoms with E-state index >= 15 is 0 Å². The zero-order valence-corrected chi connectivity index (χ0v) is 15.3. The van der Waals surface area contributed by atoms with Crippen LogP contribution in [0.5, 0.6) is 5.75 Å². The summed E-state index contributed by atoms with van der Waals surface area (Å²) in [7, 11) is 0. The summed E-state index contributed by atoms with van der Waals surface area (Å²) in [6.07, 6.45) is 5.68. The van der Waals surface area contributed by atoms with E-state index in [1.807, 2.05) is 31.2 Å². The number of hydrogen-bond acceptors (Lipinski definition) is 6. The van der Waals surface area contributed by atoms with Crippen LogP contribution in [0.3, 0.4) is 0 Å². The molecule has 2 heterocycles. The molecular weight excluding hydrogens is 350 g/mol. The summed E-state index contributed by atoms with van der Waals surface area (Å²) < 4.78 is 7.20. The summed E-state index contributed by atoms with van der Waals surface area (Å²) in [6, 6.07) is 7.46. The number of nitrogens with one attached hydrogen (secondary N) is 1. The zero-order chi connectivity index (χ0) is 17.9. The molecule has 0 fully saturated rings. The monoisotopic (exact) mass is 369 g/mol. The minimum absolute atomic E-state index is 0.151. The van der Waals surface area contributed by atoms with Gasteiger partial charge in [-0.3, -0.25) is 4.79 Å². The smallest absolute Gasteiger partial charge is 0.259 e. The van der Waals surface area contributed by atoms with Gasteiger partial charge in [-0.2, -0.15) is 4.68 Å². The van der Waals surface area contributed by atoms with Crippen LogP contribution in [0.2, 0.25) is 0 Å². The molecule has 26 heavy (non-hydrogen) atoms. The summed E-state index contributed by atoms with van der Waals surface area (Å²) in [5, 5.41) is 15.2. The first-order valence-corrected chi connectivity index (χ1v) is 9.50. The second-order valence-corrected chi connectivity index (χ2v) is 7.11. The number of amides is 1. The minimum Gasteiger partial charge on any atom is -0.492 e. The van der Waals surface area contributed by atoms with Gasteiger partial charge in [-0.1, -0.05) is 12.1 Å². The van der Waals surface area contributed by atoms with Crippen molar-refractivity contribution >= 4 is 22.9 Å². The highest BCUT2D eigenvalue weighted by atomic mass is 32.1. The van der Waals surface area contributed by atoms with Crippen molar-refractivity contribution in [2.75, 3.05) is 11.9 Å². The molecule has 2 aromatic heterocycles. The first-order valence-electron chi connectivity index (χ1n) is 8.69. The Morgan fingerprint density at radius 3 is 2.96 bits per heavy atom. The van der Waals surface area contributed by atoms with Crippen molar-refractivity contribution in [1.82, 2.24) is 20.2 Å². The van der Waals surface area contributed by atoms with E-state index in [2.05, 4.69) is 20.8 Å². The maximum Gasteiger partial charge on any atom is 0.259 e. The number of hydrogen-bond donors (Lipinski definition) is 1. The molecule has 3 aromatic rings. The fourth-order valence-corrected chi connectivity index (χ4v) is 4.54. The number of carbonyl (C=O) groups excluding carboxylic acids is 1. The number of aryl methyl sites for hydroxylation is 1. The highest BCUT2D eigenvalue weighted by Crippen LogP contribution is 2.37. The van der Waals surface area contributed by atoms with E-state index < -0.39 is 0 Å². The highest BCUT2D eigenvalue weighted by Gasteiger charge is 2.27. The van der Waals surface area contributed by atoms with Gasteiger partial charge in [0.2, 0.25) is 0 Å². The molecule has 7 nitrogen and oxygen atoms in total.